The van der Waals surface area contributed by atoms with E-state index in [1.807, 2.05) is 0 Å². The van der Waals surface area contributed by atoms with E-state index >= 15 is 0 Å². The molecule has 4 heteroatoms. The number of carboxylic acids is 1. The van der Waals surface area contributed by atoms with Crippen molar-refractivity contribution >= 4 is 5.97 Å². The average molecular weight is 250 g/mol. The van der Waals surface area contributed by atoms with Gasteiger partial charge in [-0.3, -0.25) is 4.79 Å². The Kier molecular flexibility index (Phi) is 4.23. The molecule has 2 rings (SSSR count). The minimum Gasteiger partial charge on any atom is -0.481 e. The molecule has 1 saturated heterocycles. The largest absolute Gasteiger partial charge is 0.481 e. The van der Waals surface area contributed by atoms with Crippen molar-refractivity contribution in [3.8, 4) is 6.07 Å². The summed E-state index contributed by atoms with van der Waals surface area (Å²) in [6.07, 6.45) is 6.69. The van der Waals surface area contributed by atoms with Crippen LogP contribution in [0.4, 0.5) is 0 Å². The molecule has 100 valence electrons. The lowest BCUT2D eigenvalue weighted by Crippen LogP contribution is -2.46. The van der Waals surface area contributed by atoms with Gasteiger partial charge in [-0.15, -0.1) is 0 Å². The minimum atomic E-state index is -0.621. The van der Waals surface area contributed by atoms with E-state index in [9.17, 15) is 9.90 Å². The number of carboxylic acid groups (broad SMARTS) is 1. The van der Waals surface area contributed by atoms with Gasteiger partial charge in [-0.2, -0.15) is 5.26 Å². The van der Waals surface area contributed by atoms with E-state index in [2.05, 4.69) is 11.0 Å². The minimum absolute atomic E-state index is 0.174. The molecule has 0 aromatic carbocycles. The fraction of sp³-hybridized carbons (Fsp3) is 0.857. The van der Waals surface area contributed by atoms with Crippen molar-refractivity contribution in [2.45, 2.75) is 44.9 Å². The Morgan fingerprint density at radius 2 is 1.89 bits per heavy atom. The number of aliphatic carboxylic acids is 1. The van der Waals surface area contributed by atoms with Crippen LogP contribution in [-0.4, -0.2) is 35.6 Å². The highest BCUT2D eigenvalue weighted by atomic mass is 16.4. The number of piperidine rings is 1. The van der Waals surface area contributed by atoms with Crippen molar-refractivity contribution < 1.29 is 9.90 Å². The molecular formula is C14H22N2O2. The van der Waals surface area contributed by atoms with Crippen molar-refractivity contribution in [3.63, 3.8) is 0 Å². The molecule has 0 spiro atoms. The van der Waals surface area contributed by atoms with E-state index in [-0.39, 0.29) is 5.92 Å². The van der Waals surface area contributed by atoms with Gasteiger partial charge in [0.2, 0.25) is 0 Å². The Bertz CT molecular complexity index is 334. The normalized spacial score (nSPS) is 25.5. The second-order valence-corrected chi connectivity index (χ2v) is 5.83. The molecule has 0 unspecified atom stereocenters. The van der Waals surface area contributed by atoms with Crippen LogP contribution in [0.3, 0.4) is 0 Å². The summed E-state index contributed by atoms with van der Waals surface area (Å²) in [5.41, 5.74) is -0.516. The first-order chi connectivity index (χ1) is 8.66. The number of nitrogens with zero attached hydrogens (tertiary/aromatic N) is 2. The van der Waals surface area contributed by atoms with Gasteiger partial charge in [-0.05, 0) is 38.8 Å². The summed E-state index contributed by atoms with van der Waals surface area (Å²) < 4.78 is 0. The summed E-state index contributed by atoms with van der Waals surface area (Å²) >= 11 is 0. The quantitative estimate of drug-likeness (QED) is 0.834. The molecule has 18 heavy (non-hydrogen) atoms. The van der Waals surface area contributed by atoms with Crippen molar-refractivity contribution in [3.05, 3.63) is 0 Å². The summed E-state index contributed by atoms with van der Waals surface area (Å²) in [7, 11) is 0. The molecule has 1 aliphatic heterocycles. The van der Waals surface area contributed by atoms with Gasteiger partial charge in [-0.1, -0.05) is 19.3 Å². The van der Waals surface area contributed by atoms with Crippen molar-refractivity contribution in [2.24, 2.45) is 11.3 Å². The zero-order valence-electron chi connectivity index (χ0n) is 10.9. The lowest BCUT2D eigenvalue weighted by molar-refractivity contribution is -0.152. The Balaban J connectivity index is 1.94. The van der Waals surface area contributed by atoms with Crippen molar-refractivity contribution in [1.29, 1.82) is 5.26 Å². The molecule has 1 aliphatic carbocycles. The van der Waals surface area contributed by atoms with Crippen LogP contribution in [0.15, 0.2) is 0 Å². The summed E-state index contributed by atoms with van der Waals surface area (Å²) in [5.74, 6) is -0.446. The lowest BCUT2D eigenvalue weighted by atomic mass is 9.73. The van der Waals surface area contributed by atoms with Gasteiger partial charge >= 0.3 is 5.97 Å². The number of nitriles is 1. The maximum atomic E-state index is 11.6. The van der Waals surface area contributed by atoms with Crippen LogP contribution in [-0.2, 0) is 4.79 Å². The van der Waals surface area contributed by atoms with E-state index < -0.39 is 11.4 Å². The van der Waals surface area contributed by atoms with Crippen LogP contribution in [0.25, 0.3) is 0 Å². The predicted molar refractivity (Wildman–Crippen MR) is 67.9 cm³/mol. The van der Waals surface area contributed by atoms with Crippen LogP contribution in [0.2, 0.25) is 0 Å². The Morgan fingerprint density at radius 1 is 1.28 bits per heavy atom. The zero-order chi connectivity index (χ0) is 13.0. The smallest absolute Gasteiger partial charge is 0.310 e. The van der Waals surface area contributed by atoms with E-state index in [4.69, 9.17) is 5.26 Å². The van der Waals surface area contributed by atoms with Crippen LogP contribution in [0, 0.1) is 22.7 Å². The third kappa shape index (κ3) is 2.84. The summed E-state index contributed by atoms with van der Waals surface area (Å²) in [5, 5.41) is 18.4. The van der Waals surface area contributed by atoms with Gasteiger partial charge in [0.15, 0.2) is 0 Å². The zero-order valence-corrected chi connectivity index (χ0v) is 10.9. The molecule has 0 atom stereocenters. The molecular weight excluding hydrogens is 228 g/mol. The number of likely N-dealkylation sites (tertiary alicyclic amines) is 1. The van der Waals surface area contributed by atoms with E-state index in [1.54, 1.807) is 0 Å². The molecule has 0 radical (unpaired) electrons. The Morgan fingerprint density at radius 3 is 2.39 bits per heavy atom. The first kappa shape index (κ1) is 13.4. The fourth-order valence-electron chi connectivity index (χ4n) is 3.32. The van der Waals surface area contributed by atoms with Gasteiger partial charge in [0.05, 0.1) is 11.5 Å². The van der Waals surface area contributed by atoms with E-state index in [1.165, 1.54) is 6.42 Å². The lowest BCUT2D eigenvalue weighted by Gasteiger charge is -2.39. The fourth-order valence-corrected chi connectivity index (χ4v) is 3.32. The molecule has 2 aliphatic rings. The van der Waals surface area contributed by atoms with Crippen molar-refractivity contribution in [2.75, 3.05) is 19.6 Å². The SMILES string of the molecule is N#CC1CCN(CC2(C(=O)O)CCCCC2)CC1. The summed E-state index contributed by atoms with van der Waals surface area (Å²) in [4.78, 5) is 13.8. The Labute approximate surface area is 109 Å². The molecule has 0 bridgehead atoms. The topological polar surface area (TPSA) is 64.3 Å². The number of carbonyl (C=O) groups is 1. The average Bonchev–Trinajstić information content (AvgIpc) is 2.40. The second kappa shape index (κ2) is 5.71. The third-order valence-electron chi connectivity index (χ3n) is 4.56. The molecule has 1 heterocycles. The maximum absolute atomic E-state index is 11.6. The summed E-state index contributed by atoms with van der Waals surface area (Å²) in [6, 6.07) is 2.32. The highest BCUT2D eigenvalue weighted by Gasteiger charge is 2.41. The molecule has 0 aromatic heterocycles. The van der Waals surface area contributed by atoms with Gasteiger partial charge in [0, 0.05) is 12.5 Å². The second-order valence-electron chi connectivity index (χ2n) is 5.83. The molecule has 1 N–H and O–H groups in total. The van der Waals surface area contributed by atoms with Crippen LogP contribution in [0.5, 0.6) is 0 Å². The Hall–Kier alpha value is -1.08. The number of rotatable bonds is 3. The standard InChI is InChI=1S/C14H22N2O2/c15-10-12-4-8-16(9-5-12)11-14(13(17)18)6-2-1-3-7-14/h12H,1-9,11H2,(H,17,18). The van der Waals surface area contributed by atoms with Gasteiger partial charge in [-0.25, -0.2) is 0 Å². The van der Waals surface area contributed by atoms with Crippen LogP contribution < -0.4 is 0 Å². The van der Waals surface area contributed by atoms with Gasteiger partial charge < -0.3 is 10.0 Å². The van der Waals surface area contributed by atoms with Crippen LogP contribution in [0.1, 0.15) is 44.9 Å². The summed E-state index contributed by atoms with van der Waals surface area (Å²) in [6.45, 7) is 2.45. The van der Waals surface area contributed by atoms with Crippen molar-refractivity contribution in [1.82, 2.24) is 4.90 Å². The first-order valence-electron chi connectivity index (χ1n) is 7.02. The molecule has 2 fully saturated rings. The number of hydrogen-bond donors (Lipinski definition) is 1. The first-order valence-corrected chi connectivity index (χ1v) is 7.02. The number of hydrogen-bond acceptors (Lipinski definition) is 3. The molecule has 0 aromatic rings. The molecule has 4 nitrogen and oxygen atoms in total. The van der Waals surface area contributed by atoms with E-state index in [0.29, 0.717) is 6.54 Å². The van der Waals surface area contributed by atoms with Gasteiger partial charge in [0.25, 0.3) is 0 Å². The highest BCUT2D eigenvalue weighted by molar-refractivity contribution is 5.75. The van der Waals surface area contributed by atoms with Gasteiger partial charge in [0.1, 0.15) is 0 Å². The molecule has 0 amide bonds. The predicted octanol–water partition coefficient (Wildman–Crippen LogP) is 2.26. The monoisotopic (exact) mass is 250 g/mol. The van der Waals surface area contributed by atoms with Crippen LogP contribution >= 0.6 is 0 Å². The third-order valence-corrected chi connectivity index (χ3v) is 4.56. The highest BCUT2D eigenvalue weighted by Crippen LogP contribution is 2.38. The van der Waals surface area contributed by atoms with E-state index in [0.717, 1.165) is 51.6 Å². The molecule has 1 saturated carbocycles. The maximum Gasteiger partial charge on any atom is 0.310 e.